The summed E-state index contributed by atoms with van der Waals surface area (Å²) in [4.78, 5) is 38.6. The zero-order valence-corrected chi connectivity index (χ0v) is 17.2. The third-order valence-corrected chi connectivity index (χ3v) is 5.03. The molecule has 1 aliphatic rings. The molecule has 0 bridgehead atoms. The van der Waals surface area contributed by atoms with E-state index in [1.54, 1.807) is 18.2 Å². The first-order chi connectivity index (χ1) is 14.2. The van der Waals surface area contributed by atoms with Gasteiger partial charge in [-0.05, 0) is 42.8 Å². The van der Waals surface area contributed by atoms with Gasteiger partial charge in [-0.2, -0.15) is 0 Å². The number of carbonyl (C=O) groups excluding carboxylic acids is 3. The van der Waals surface area contributed by atoms with Crippen LogP contribution in [0.25, 0.3) is 0 Å². The monoisotopic (exact) mass is 435 g/mol. The molecule has 2 N–H and O–H groups in total. The zero-order chi connectivity index (χ0) is 22.1. The molecule has 8 nitrogen and oxygen atoms in total. The lowest BCUT2D eigenvalue weighted by atomic mass is 9.91. The number of amides is 4. The van der Waals surface area contributed by atoms with Crippen LogP contribution in [0, 0.1) is 5.82 Å². The van der Waals surface area contributed by atoms with Crippen LogP contribution in [0.4, 0.5) is 14.9 Å². The van der Waals surface area contributed by atoms with E-state index in [2.05, 4.69) is 10.6 Å². The average Bonchev–Trinajstić information content (AvgIpc) is 2.94. The highest BCUT2D eigenvalue weighted by molar-refractivity contribution is 6.31. The molecule has 1 atom stereocenters. The van der Waals surface area contributed by atoms with Gasteiger partial charge in [-0.3, -0.25) is 14.5 Å². The summed E-state index contributed by atoms with van der Waals surface area (Å²) in [5, 5.41) is 4.93. The SMILES string of the molecule is COc1ccc(C2(C)NC(=O)N(CC(=O)Nc3ccc(F)c(Cl)c3)C2=O)cc1OC. The smallest absolute Gasteiger partial charge is 0.325 e. The van der Waals surface area contributed by atoms with Crippen LogP contribution in [-0.2, 0) is 15.1 Å². The fourth-order valence-electron chi connectivity index (χ4n) is 3.10. The lowest BCUT2D eigenvalue weighted by Crippen LogP contribution is -2.42. The molecule has 1 fully saturated rings. The van der Waals surface area contributed by atoms with Crippen molar-refractivity contribution in [2.24, 2.45) is 0 Å². The molecular weight excluding hydrogens is 417 g/mol. The normalized spacial score (nSPS) is 18.2. The second-order valence-corrected chi connectivity index (χ2v) is 7.10. The molecule has 1 saturated heterocycles. The van der Waals surface area contributed by atoms with Gasteiger partial charge in [0.2, 0.25) is 5.91 Å². The fourth-order valence-corrected chi connectivity index (χ4v) is 3.28. The number of carbonyl (C=O) groups is 3. The summed E-state index contributed by atoms with van der Waals surface area (Å²) in [7, 11) is 2.94. The summed E-state index contributed by atoms with van der Waals surface area (Å²) in [6.45, 7) is 1.01. The molecule has 1 aliphatic heterocycles. The number of urea groups is 1. The minimum absolute atomic E-state index is 0.163. The van der Waals surface area contributed by atoms with Crippen molar-refractivity contribution in [3.05, 3.63) is 52.8 Å². The molecular formula is C20H19ClFN3O5. The van der Waals surface area contributed by atoms with Crippen molar-refractivity contribution >= 4 is 35.1 Å². The van der Waals surface area contributed by atoms with Gasteiger partial charge >= 0.3 is 6.03 Å². The number of benzene rings is 2. The number of halogens is 2. The minimum Gasteiger partial charge on any atom is -0.493 e. The van der Waals surface area contributed by atoms with E-state index in [4.69, 9.17) is 21.1 Å². The Bertz CT molecular complexity index is 1030. The minimum atomic E-state index is -1.39. The van der Waals surface area contributed by atoms with E-state index in [0.717, 1.165) is 11.0 Å². The molecule has 3 rings (SSSR count). The summed E-state index contributed by atoms with van der Waals surface area (Å²) in [6, 6.07) is 7.76. The van der Waals surface area contributed by atoms with Gasteiger partial charge in [-0.25, -0.2) is 9.18 Å². The molecule has 158 valence electrons. The Morgan fingerprint density at radius 3 is 2.50 bits per heavy atom. The summed E-state index contributed by atoms with van der Waals surface area (Å²) in [6.07, 6.45) is 0. The summed E-state index contributed by atoms with van der Waals surface area (Å²) < 4.78 is 23.7. The van der Waals surface area contributed by atoms with Crippen molar-refractivity contribution in [3.63, 3.8) is 0 Å². The molecule has 0 spiro atoms. The molecule has 0 radical (unpaired) electrons. The predicted molar refractivity (Wildman–Crippen MR) is 107 cm³/mol. The lowest BCUT2D eigenvalue weighted by molar-refractivity contribution is -0.133. The molecule has 2 aromatic rings. The van der Waals surface area contributed by atoms with Gasteiger partial charge < -0.3 is 20.1 Å². The standard InChI is InChI=1S/C20H19ClFN3O5/c1-20(11-4-7-15(29-2)16(8-11)30-3)18(27)25(19(28)24-20)10-17(26)23-12-5-6-14(22)13(21)9-12/h4-9H,10H2,1-3H3,(H,23,26)(H,24,28). The van der Waals surface area contributed by atoms with Gasteiger partial charge in [0.05, 0.1) is 19.2 Å². The van der Waals surface area contributed by atoms with E-state index < -0.39 is 35.7 Å². The van der Waals surface area contributed by atoms with Crippen LogP contribution < -0.4 is 20.1 Å². The zero-order valence-electron chi connectivity index (χ0n) is 16.4. The van der Waals surface area contributed by atoms with Gasteiger partial charge in [-0.1, -0.05) is 17.7 Å². The number of nitrogens with one attached hydrogen (secondary N) is 2. The Morgan fingerprint density at radius 1 is 1.17 bits per heavy atom. The van der Waals surface area contributed by atoms with Crippen LogP contribution in [-0.4, -0.2) is 43.5 Å². The van der Waals surface area contributed by atoms with Gasteiger partial charge in [-0.15, -0.1) is 0 Å². The van der Waals surface area contributed by atoms with E-state index in [1.165, 1.54) is 33.3 Å². The molecule has 30 heavy (non-hydrogen) atoms. The number of hydrogen-bond donors (Lipinski definition) is 2. The first-order valence-electron chi connectivity index (χ1n) is 8.81. The quantitative estimate of drug-likeness (QED) is 0.680. The van der Waals surface area contributed by atoms with Crippen LogP contribution in [0.1, 0.15) is 12.5 Å². The van der Waals surface area contributed by atoms with Crippen molar-refractivity contribution < 1.29 is 28.2 Å². The van der Waals surface area contributed by atoms with Crippen LogP contribution in [0.15, 0.2) is 36.4 Å². The molecule has 1 heterocycles. The molecule has 0 saturated carbocycles. The first-order valence-corrected chi connectivity index (χ1v) is 9.19. The van der Waals surface area contributed by atoms with Crippen molar-refractivity contribution in [1.82, 2.24) is 10.2 Å². The van der Waals surface area contributed by atoms with Crippen molar-refractivity contribution in [2.75, 3.05) is 26.1 Å². The number of anilines is 1. The van der Waals surface area contributed by atoms with Gasteiger partial charge in [0.15, 0.2) is 11.5 Å². The number of nitrogens with zero attached hydrogens (tertiary/aromatic N) is 1. The maximum Gasteiger partial charge on any atom is 0.325 e. The molecule has 0 aliphatic carbocycles. The second-order valence-electron chi connectivity index (χ2n) is 6.69. The summed E-state index contributed by atoms with van der Waals surface area (Å²) in [5.74, 6) is -1.02. The predicted octanol–water partition coefficient (Wildman–Crippen LogP) is 2.90. The van der Waals surface area contributed by atoms with Crippen LogP contribution in [0.5, 0.6) is 11.5 Å². The van der Waals surface area contributed by atoms with Gasteiger partial charge in [0.1, 0.15) is 17.9 Å². The Labute approximate surface area is 176 Å². The fraction of sp³-hybridized carbons (Fsp3) is 0.250. The highest BCUT2D eigenvalue weighted by Gasteiger charge is 2.49. The number of methoxy groups -OCH3 is 2. The third-order valence-electron chi connectivity index (χ3n) is 4.74. The van der Waals surface area contributed by atoms with Crippen LogP contribution in [0.2, 0.25) is 5.02 Å². The number of ether oxygens (including phenoxy) is 2. The Balaban J connectivity index is 1.78. The van der Waals surface area contributed by atoms with Crippen molar-refractivity contribution in [1.29, 1.82) is 0 Å². The van der Waals surface area contributed by atoms with Crippen LogP contribution >= 0.6 is 11.6 Å². The Hall–Kier alpha value is -3.33. The topological polar surface area (TPSA) is 97.0 Å². The van der Waals surface area contributed by atoms with E-state index in [0.29, 0.717) is 17.1 Å². The van der Waals surface area contributed by atoms with E-state index in [-0.39, 0.29) is 10.7 Å². The van der Waals surface area contributed by atoms with Crippen LogP contribution in [0.3, 0.4) is 0 Å². The number of rotatable bonds is 6. The number of hydrogen-bond acceptors (Lipinski definition) is 5. The average molecular weight is 436 g/mol. The third kappa shape index (κ3) is 3.88. The molecule has 10 heteroatoms. The maximum absolute atomic E-state index is 13.2. The lowest BCUT2D eigenvalue weighted by Gasteiger charge is -2.23. The van der Waals surface area contributed by atoms with Gasteiger partial charge in [0.25, 0.3) is 5.91 Å². The van der Waals surface area contributed by atoms with Crippen molar-refractivity contribution in [2.45, 2.75) is 12.5 Å². The number of imide groups is 1. The maximum atomic E-state index is 13.2. The molecule has 2 aromatic carbocycles. The first kappa shape index (κ1) is 21.4. The largest absolute Gasteiger partial charge is 0.493 e. The van der Waals surface area contributed by atoms with E-state index in [9.17, 15) is 18.8 Å². The Morgan fingerprint density at radius 2 is 1.87 bits per heavy atom. The van der Waals surface area contributed by atoms with E-state index in [1.807, 2.05) is 0 Å². The summed E-state index contributed by atoms with van der Waals surface area (Å²) >= 11 is 5.69. The summed E-state index contributed by atoms with van der Waals surface area (Å²) in [5.41, 5.74) is -0.691. The second kappa shape index (κ2) is 8.19. The highest BCUT2D eigenvalue weighted by Crippen LogP contribution is 2.35. The van der Waals surface area contributed by atoms with Crippen molar-refractivity contribution in [3.8, 4) is 11.5 Å². The highest BCUT2D eigenvalue weighted by atomic mass is 35.5. The van der Waals surface area contributed by atoms with E-state index >= 15 is 0 Å². The molecule has 4 amide bonds. The molecule has 0 aromatic heterocycles. The van der Waals surface area contributed by atoms with Gasteiger partial charge in [0, 0.05) is 5.69 Å². The molecule has 1 unspecified atom stereocenters. The Kier molecular flexibility index (Phi) is 5.84.